The molecule has 0 saturated carbocycles. The van der Waals surface area contributed by atoms with E-state index in [2.05, 4.69) is 61.1 Å². The van der Waals surface area contributed by atoms with Gasteiger partial charge in [0.05, 0.1) is 11.9 Å². The van der Waals surface area contributed by atoms with E-state index < -0.39 is 0 Å². The van der Waals surface area contributed by atoms with Crippen LogP contribution in [0, 0.1) is 20.8 Å². The molecule has 0 amide bonds. The Morgan fingerprint density at radius 2 is 2.00 bits per heavy atom. The van der Waals surface area contributed by atoms with E-state index in [1.54, 1.807) is 11.3 Å². The summed E-state index contributed by atoms with van der Waals surface area (Å²) < 4.78 is 0. The van der Waals surface area contributed by atoms with Crippen molar-refractivity contribution in [1.29, 1.82) is 0 Å². The number of aliphatic imine (C=N–C) groups is 2. The molecule has 1 aliphatic heterocycles. The molecule has 1 aromatic carbocycles. The summed E-state index contributed by atoms with van der Waals surface area (Å²) in [5.41, 5.74) is 13.3. The third-order valence-electron chi connectivity index (χ3n) is 5.17. The Labute approximate surface area is 166 Å². The zero-order valence-electron chi connectivity index (χ0n) is 17.2. The van der Waals surface area contributed by atoms with Crippen molar-refractivity contribution in [2.24, 2.45) is 15.7 Å². The molecule has 0 spiro atoms. The van der Waals surface area contributed by atoms with Crippen LogP contribution in [0.5, 0.6) is 0 Å². The topological polar surface area (TPSA) is 66.0 Å². The van der Waals surface area contributed by atoms with Crippen LogP contribution in [0.4, 0.5) is 10.7 Å². The van der Waals surface area contributed by atoms with E-state index in [0.717, 1.165) is 27.8 Å². The van der Waals surface area contributed by atoms with E-state index in [1.165, 1.54) is 21.6 Å². The SMILES string of the molecule is CN=C1C(C)N=C(c2ccc(NC)cc2C)c2c(sc(C)c2C)N1C(C)N. The highest BCUT2D eigenvalue weighted by Gasteiger charge is 2.33. The van der Waals surface area contributed by atoms with Gasteiger partial charge in [-0.05, 0) is 57.9 Å². The number of aryl methyl sites for hydroxylation is 2. The fourth-order valence-corrected chi connectivity index (χ4v) is 4.91. The molecule has 2 atom stereocenters. The van der Waals surface area contributed by atoms with Gasteiger partial charge >= 0.3 is 0 Å². The number of nitrogens with zero attached hydrogens (tertiary/aromatic N) is 3. The largest absolute Gasteiger partial charge is 0.388 e. The van der Waals surface area contributed by atoms with Crippen LogP contribution in [-0.2, 0) is 0 Å². The van der Waals surface area contributed by atoms with Crippen molar-refractivity contribution in [3.8, 4) is 0 Å². The van der Waals surface area contributed by atoms with Gasteiger partial charge in [-0.2, -0.15) is 0 Å². The van der Waals surface area contributed by atoms with Gasteiger partial charge in [-0.3, -0.25) is 9.98 Å². The molecule has 2 heterocycles. The van der Waals surface area contributed by atoms with E-state index in [0.29, 0.717) is 0 Å². The zero-order valence-corrected chi connectivity index (χ0v) is 18.0. The summed E-state index contributed by atoms with van der Waals surface area (Å²) >= 11 is 1.77. The highest BCUT2D eigenvalue weighted by molar-refractivity contribution is 7.17. The Bertz CT molecular complexity index is 923. The number of anilines is 2. The van der Waals surface area contributed by atoms with E-state index in [1.807, 2.05) is 21.0 Å². The van der Waals surface area contributed by atoms with Crippen molar-refractivity contribution in [3.05, 3.63) is 45.3 Å². The molecule has 3 rings (SSSR count). The first-order valence-corrected chi connectivity index (χ1v) is 10.1. The predicted molar refractivity (Wildman–Crippen MR) is 119 cm³/mol. The van der Waals surface area contributed by atoms with Gasteiger partial charge in [0, 0.05) is 35.8 Å². The molecular weight excluding hydrogens is 354 g/mol. The van der Waals surface area contributed by atoms with Gasteiger partial charge in [0.15, 0.2) is 0 Å². The minimum atomic E-state index is -0.176. The van der Waals surface area contributed by atoms with Crippen molar-refractivity contribution in [2.45, 2.75) is 46.8 Å². The highest BCUT2D eigenvalue weighted by atomic mass is 32.1. The monoisotopic (exact) mass is 383 g/mol. The Hall–Kier alpha value is -2.18. The number of nitrogens with one attached hydrogen (secondary N) is 1. The normalized spacial score (nSPS) is 19.6. The second kappa shape index (κ2) is 7.44. The standard InChI is InChI=1S/C21H29N5S/c1-11-10-16(23-6)8-9-17(11)19-18-12(2)14(4)27-21(18)26(15(5)22)20(24-7)13(3)25-19/h8-10,13,15,23H,22H2,1-7H3. The van der Waals surface area contributed by atoms with Gasteiger partial charge in [0.2, 0.25) is 0 Å². The number of amidine groups is 1. The summed E-state index contributed by atoms with van der Waals surface area (Å²) in [6.07, 6.45) is -0.176. The van der Waals surface area contributed by atoms with Crippen molar-refractivity contribution in [1.82, 2.24) is 0 Å². The van der Waals surface area contributed by atoms with E-state index in [4.69, 9.17) is 10.7 Å². The predicted octanol–water partition coefficient (Wildman–Crippen LogP) is 4.09. The molecule has 1 aromatic heterocycles. The molecule has 27 heavy (non-hydrogen) atoms. The van der Waals surface area contributed by atoms with Crippen molar-refractivity contribution in [2.75, 3.05) is 24.3 Å². The molecule has 0 fully saturated rings. The Kier molecular flexibility index (Phi) is 5.40. The summed E-state index contributed by atoms with van der Waals surface area (Å²) in [6, 6.07) is 6.36. The van der Waals surface area contributed by atoms with Crippen LogP contribution < -0.4 is 16.0 Å². The number of hydrogen-bond donors (Lipinski definition) is 2. The summed E-state index contributed by atoms with van der Waals surface area (Å²) in [5.74, 6) is 0.909. The molecule has 5 nitrogen and oxygen atoms in total. The van der Waals surface area contributed by atoms with Crippen molar-refractivity contribution in [3.63, 3.8) is 0 Å². The van der Waals surface area contributed by atoms with Crippen molar-refractivity contribution >= 4 is 33.6 Å². The number of rotatable bonds is 3. The van der Waals surface area contributed by atoms with Crippen LogP contribution in [0.25, 0.3) is 0 Å². The first-order chi connectivity index (χ1) is 12.8. The van der Waals surface area contributed by atoms with Gasteiger partial charge in [0.25, 0.3) is 0 Å². The van der Waals surface area contributed by atoms with Gasteiger partial charge in [-0.25, -0.2) is 0 Å². The molecular formula is C21H29N5S. The van der Waals surface area contributed by atoms with Crippen LogP contribution in [0.1, 0.15) is 41.0 Å². The van der Waals surface area contributed by atoms with E-state index >= 15 is 0 Å². The van der Waals surface area contributed by atoms with E-state index in [9.17, 15) is 0 Å². The fraction of sp³-hybridized carbons (Fsp3) is 0.429. The van der Waals surface area contributed by atoms with Gasteiger partial charge in [-0.1, -0.05) is 6.07 Å². The summed E-state index contributed by atoms with van der Waals surface area (Å²) in [4.78, 5) is 13.1. The maximum absolute atomic E-state index is 6.38. The number of fused-ring (bicyclic) bond motifs is 1. The average molecular weight is 384 g/mol. The maximum atomic E-state index is 6.38. The summed E-state index contributed by atoms with van der Waals surface area (Å²) in [6.45, 7) is 10.6. The molecule has 2 unspecified atom stereocenters. The Morgan fingerprint density at radius 1 is 1.30 bits per heavy atom. The summed E-state index contributed by atoms with van der Waals surface area (Å²) in [7, 11) is 3.76. The van der Waals surface area contributed by atoms with Gasteiger partial charge in [-0.15, -0.1) is 11.3 Å². The first kappa shape index (κ1) is 19.6. The minimum absolute atomic E-state index is 0.0707. The maximum Gasteiger partial charge on any atom is 0.130 e. The smallest absolute Gasteiger partial charge is 0.130 e. The van der Waals surface area contributed by atoms with Crippen LogP contribution in [0.2, 0.25) is 0 Å². The molecule has 0 saturated heterocycles. The van der Waals surface area contributed by atoms with Crippen LogP contribution in [0.3, 0.4) is 0 Å². The van der Waals surface area contributed by atoms with Gasteiger partial charge < -0.3 is 16.0 Å². The van der Waals surface area contributed by atoms with Crippen LogP contribution >= 0.6 is 11.3 Å². The second-order valence-electron chi connectivity index (χ2n) is 7.09. The lowest BCUT2D eigenvalue weighted by molar-refractivity contribution is 0.752. The molecule has 0 radical (unpaired) electrons. The second-order valence-corrected chi connectivity index (χ2v) is 8.29. The molecule has 1 aliphatic rings. The Morgan fingerprint density at radius 3 is 2.56 bits per heavy atom. The molecule has 0 aliphatic carbocycles. The highest BCUT2D eigenvalue weighted by Crippen LogP contribution is 2.40. The molecule has 6 heteroatoms. The van der Waals surface area contributed by atoms with Crippen molar-refractivity contribution < 1.29 is 0 Å². The van der Waals surface area contributed by atoms with Crippen LogP contribution in [0.15, 0.2) is 28.2 Å². The lowest BCUT2D eigenvalue weighted by Gasteiger charge is -2.29. The third-order valence-corrected chi connectivity index (χ3v) is 6.38. The number of benzene rings is 1. The number of thiophene rings is 1. The Balaban J connectivity index is 2.32. The average Bonchev–Trinajstić information content (AvgIpc) is 2.84. The first-order valence-electron chi connectivity index (χ1n) is 9.28. The fourth-order valence-electron chi connectivity index (χ4n) is 3.66. The summed E-state index contributed by atoms with van der Waals surface area (Å²) in [5, 5.41) is 4.35. The zero-order chi connectivity index (χ0) is 19.9. The van der Waals surface area contributed by atoms with Gasteiger partial charge in [0.1, 0.15) is 16.9 Å². The number of hydrogen-bond acceptors (Lipinski definition) is 5. The molecule has 0 bridgehead atoms. The minimum Gasteiger partial charge on any atom is -0.388 e. The quantitative estimate of drug-likeness (QED) is 0.839. The molecule has 3 N–H and O–H groups in total. The lowest BCUT2D eigenvalue weighted by atomic mass is 9.96. The molecule has 2 aromatic rings. The third kappa shape index (κ3) is 3.28. The van der Waals surface area contributed by atoms with Crippen LogP contribution in [-0.4, -0.2) is 37.9 Å². The lowest BCUT2D eigenvalue weighted by Crippen LogP contribution is -2.47. The van der Waals surface area contributed by atoms with E-state index in [-0.39, 0.29) is 12.2 Å². The molecule has 144 valence electrons. The number of nitrogens with two attached hydrogens (primary N) is 1.